The molecule has 4 aromatic rings. The number of H-pyrrole nitrogens is 1. The number of aromatic hydroxyl groups is 1. The van der Waals surface area contributed by atoms with Crippen molar-refractivity contribution in [2.75, 3.05) is 49.9 Å². The molecule has 1 atom stereocenters. The van der Waals surface area contributed by atoms with E-state index >= 15 is 0 Å². The number of carbonyl (C=O) groups is 2. The van der Waals surface area contributed by atoms with Crippen LogP contribution in [0.3, 0.4) is 0 Å². The number of likely N-dealkylation sites (N-methyl/N-ethyl adjacent to an activating group) is 1. The van der Waals surface area contributed by atoms with Gasteiger partial charge in [0, 0.05) is 60.9 Å². The number of aromatic nitrogens is 1. The van der Waals surface area contributed by atoms with Gasteiger partial charge in [0.2, 0.25) is 0 Å². The van der Waals surface area contributed by atoms with Gasteiger partial charge < -0.3 is 29.9 Å². The zero-order chi connectivity index (χ0) is 50.4. The van der Waals surface area contributed by atoms with Crippen LogP contribution in [0.2, 0.25) is 5.02 Å². The number of benzene rings is 3. The zero-order valence-electron chi connectivity index (χ0n) is 42.5. The van der Waals surface area contributed by atoms with E-state index in [-0.39, 0.29) is 22.3 Å². The summed E-state index contributed by atoms with van der Waals surface area (Å²) in [5.74, 6) is 1.00. The molecule has 2 amide bonds. The number of allylic oxidation sites excluding steroid dienone is 6. The summed E-state index contributed by atoms with van der Waals surface area (Å²) in [7, 11) is -0.442. The molecule has 0 radical (unpaired) electrons. The molecule has 3 aliphatic heterocycles. The molecule has 1 saturated heterocycles. The van der Waals surface area contributed by atoms with Crippen LogP contribution in [-0.2, 0) is 21.2 Å². The van der Waals surface area contributed by atoms with Crippen molar-refractivity contribution >= 4 is 56.5 Å². The molecular weight excluding hydrogens is 906 g/mol. The lowest BCUT2D eigenvalue weighted by Gasteiger charge is -2.37. The molecule has 1 fully saturated rings. The molecule has 0 aliphatic carbocycles. The molecule has 69 heavy (non-hydrogen) atoms. The fourth-order valence-corrected chi connectivity index (χ4v) is 10.5. The van der Waals surface area contributed by atoms with Gasteiger partial charge in [0.25, 0.3) is 21.8 Å². The highest BCUT2D eigenvalue weighted by atomic mass is 35.5. The first kappa shape index (κ1) is 52.8. The van der Waals surface area contributed by atoms with Crippen LogP contribution in [0.1, 0.15) is 129 Å². The van der Waals surface area contributed by atoms with E-state index in [1.165, 1.54) is 42.3 Å². The van der Waals surface area contributed by atoms with Gasteiger partial charge in [-0.3, -0.25) is 13.9 Å². The van der Waals surface area contributed by atoms with Crippen LogP contribution >= 0.6 is 11.6 Å². The van der Waals surface area contributed by atoms with E-state index in [0.29, 0.717) is 57.6 Å². The number of rotatable bonds is 14. The summed E-state index contributed by atoms with van der Waals surface area (Å²) in [5, 5.41) is 13.3. The molecule has 3 aromatic carbocycles. The highest BCUT2D eigenvalue weighted by molar-refractivity contribution is 7.92. The van der Waals surface area contributed by atoms with Gasteiger partial charge in [0.05, 0.1) is 21.7 Å². The minimum atomic E-state index is -3.94. The maximum atomic E-state index is 13.4. The van der Waals surface area contributed by atoms with Gasteiger partial charge >= 0.3 is 0 Å². The number of ether oxygens (including phenoxy) is 1. The SMILES string of the molecule is CC(C)=CCC/C(C)=C/CC/C(C)=C/CC[C@]1(C)CCc2cc(O)c(C)c(C)c2O1.Cc1[nH]c(/C=C2\C(=O)Nc3ccc(S(=O)(=O)N(C)c4cccc(Cl)c4)cc32)c(C)c1C(=O)N1CCN(C)CC1. The first-order valence-electron chi connectivity index (χ1n) is 24.1. The number of fused-ring (bicyclic) bond motifs is 2. The number of aryl methyl sites for hydroxylation is 2. The number of nitrogens with zero attached hydrogens (tertiary/aromatic N) is 3. The van der Waals surface area contributed by atoms with Crippen LogP contribution < -0.4 is 14.4 Å². The number of carbonyl (C=O) groups excluding carboxylic acids is 2. The first-order chi connectivity index (χ1) is 32.6. The van der Waals surface area contributed by atoms with E-state index in [4.69, 9.17) is 16.3 Å². The number of aromatic amines is 1. The molecule has 0 unspecified atom stereocenters. The molecule has 11 nitrogen and oxygen atoms in total. The minimum absolute atomic E-state index is 0.0345. The summed E-state index contributed by atoms with van der Waals surface area (Å²) >= 11 is 6.07. The average molecular weight is 979 g/mol. The number of amides is 2. The predicted molar refractivity (Wildman–Crippen MR) is 283 cm³/mol. The molecule has 7 rings (SSSR count). The fourth-order valence-electron chi connectivity index (χ4n) is 9.10. The summed E-state index contributed by atoms with van der Waals surface area (Å²) in [6.45, 7) is 21.7. The molecule has 4 heterocycles. The summed E-state index contributed by atoms with van der Waals surface area (Å²) in [5.41, 5.74) is 11.8. The highest BCUT2D eigenvalue weighted by Gasteiger charge is 2.33. The monoisotopic (exact) mass is 977 g/mol. The van der Waals surface area contributed by atoms with Crippen molar-refractivity contribution in [3.63, 3.8) is 0 Å². The second kappa shape index (κ2) is 22.5. The van der Waals surface area contributed by atoms with Crippen LogP contribution in [0.25, 0.3) is 11.6 Å². The third-order valence-corrected chi connectivity index (χ3v) is 15.8. The van der Waals surface area contributed by atoms with E-state index in [1.54, 1.807) is 36.4 Å². The van der Waals surface area contributed by atoms with E-state index in [1.807, 2.05) is 38.8 Å². The second-order valence-electron chi connectivity index (χ2n) is 19.6. The molecule has 3 N–H and O–H groups in total. The van der Waals surface area contributed by atoms with Gasteiger partial charge in [-0.15, -0.1) is 0 Å². The Labute approximate surface area is 416 Å². The third-order valence-electron chi connectivity index (χ3n) is 13.8. The summed E-state index contributed by atoms with van der Waals surface area (Å²) < 4.78 is 34.5. The predicted octanol–water partition coefficient (Wildman–Crippen LogP) is 12.3. The quantitative estimate of drug-likeness (QED) is 0.0846. The lowest BCUT2D eigenvalue weighted by atomic mass is 9.87. The van der Waals surface area contributed by atoms with Crippen molar-refractivity contribution in [1.82, 2.24) is 14.8 Å². The Morgan fingerprint density at radius 2 is 1.57 bits per heavy atom. The fraction of sp³-hybridized carbons (Fsp3) is 0.429. The van der Waals surface area contributed by atoms with Crippen molar-refractivity contribution in [3.05, 3.63) is 133 Å². The Morgan fingerprint density at radius 1 is 0.899 bits per heavy atom. The van der Waals surface area contributed by atoms with Gasteiger partial charge in [0.1, 0.15) is 17.1 Å². The van der Waals surface area contributed by atoms with E-state index in [0.717, 1.165) is 96.0 Å². The summed E-state index contributed by atoms with van der Waals surface area (Å²) in [4.78, 5) is 33.6. The smallest absolute Gasteiger partial charge is 0.264 e. The largest absolute Gasteiger partial charge is 0.508 e. The molecule has 0 saturated carbocycles. The van der Waals surface area contributed by atoms with E-state index in [9.17, 15) is 23.1 Å². The number of anilines is 2. The van der Waals surface area contributed by atoms with Gasteiger partial charge in [-0.05, 0) is 192 Å². The third kappa shape index (κ3) is 12.8. The summed E-state index contributed by atoms with van der Waals surface area (Å²) in [6, 6.07) is 13.0. The van der Waals surface area contributed by atoms with Gasteiger partial charge in [0.15, 0.2) is 0 Å². The Bertz CT molecular complexity index is 2810. The number of piperazine rings is 1. The minimum Gasteiger partial charge on any atom is -0.508 e. The average Bonchev–Trinajstić information content (AvgIpc) is 3.77. The second-order valence-corrected chi connectivity index (χ2v) is 22.0. The topological polar surface area (TPSA) is 135 Å². The van der Waals surface area contributed by atoms with Crippen molar-refractivity contribution in [2.24, 2.45) is 0 Å². The lowest BCUT2D eigenvalue weighted by Crippen LogP contribution is -2.47. The molecule has 1 aromatic heterocycles. The van der Waals surface area contributed by atoms with Gasteiger partial charge in [-0.25, -0.2) is 8.42 Å². The first-order valence-corrected chi connectivity index (χ1v) is 25.9. The number of sulfonamides is 1. The van der Waals surface area contributed by atoms with Crippen molar-refractivity contribution in [1.29, 1.82) is 0 Å². The number of hydrogen-bond acceptors (Lipinski definition) is 7. The van der Waals surface area contributed by atoms with Crippen molar-refractivity contribution in [3.8, 4) is 11.5 Å². The standard InChI is InChI=1S/C28H30ClN5O4S.C28H42O2/c1-17-25(30-18(2)26(17)28(36)34-12-10-32(3)11-13-34)16-23-22-15-21(8-9-24(22)31-27(23)35)39(37,38)33(4)20-7-5-6-19(29)14-20;1-20(2)11-8-12-21(3)13-9-14-22(4)15-10-17-28(7)18-16-25-19-26(29)23(5)24(6)27(25)30-28/h5-9,14-16,30H,10-13H2,1-4H3,(H,31,35);11,13,15,19,29H,8-10,12,14,16-18H2,1-7H3/b23-16-;21-13+,22-15+/t;28-/m.1/s1. The van der Waals surface area contributed by atoms with E-state index in [2.05, 4.69) is 75.0 Å². The van der Waals surface area contributed by atoms with Crippen LogP contribution in [0.4, 0.5) is 11.4 Å². The van der Waals surface area contributed by atoms with Crippen LogP contribution in [0.15, 0.2) is 88.4 Å². The molecular formula is C56H72ClN5O6S. The number of phenolic OH excluding ortho intramolecular Hbond substituents is 1. The maximum absolute atomic E-state index is 13.4. The molecule has 13 heteroatoms. The Morgan fingerprint density at radius 3 is 2.23 bits per heavy atom. The van der Waals surface area contributed by atoms with Crippen LogP contribution in [0, 0.1) is 27.7 Å². The number of halogens is 1. The Balaban J connectivity index is 0.000000236. The van der Waals surface area contributed by atoms with Crippen molar-refractivity contribution in [2.45, 2.75) is 124 Å². The van der Waals surface area contributed by atoms with Gasteiger partial charge in [-0.1, -0.05) is 52.6 Å². The van der Waals surface area contributed by atoms with Crippen LogP contribution in [0.5, 0.6) is 11.5 Å². The zero-order valence-corrected chi connectivity index (χ0v) is 44.1. The number of phenols is 1. The lowest BCUT2D eigenvalue weighted by molar-refractivity contribution is -0.110. The number of hydrogen-bond donors (Lipinski definition) is 3. The van der Waals surface area contributed by atoms with Crippen molar-refractivity contribution < 1.29 is 27.9 Å². The molecule has 370 valence electrons. The highest BCUT2D eigenvalue weighted by Crippen LogP contribution is 2.42. The molecule has 0 bridgehead atoms. The van der Waals surface area contributed by atoms with E-state index < -0.39 is 10.0 Å². The Hall–Kier alpha value is -5.56. The molecule has 3 aliphatic rings. The summed E-state index contributed by atoms with van der Waals surface area (Å²) in [6.07, 6.45) is 17.4. The number of nitrogens with one attached hydrogen (secondary N) is 2. The van der Waals surface area contributed by atoms with Crippen LogP contribution in [-0.4, -0.2) is 86.0 Å². The Kier molecular flexibility index (Phi) is 17.2. The van der Waals surface area contributed by atoms with Gasteiger partial charge in [-0.2, -0.15) is 0 Å². The molecule has 0 spiro atoms. The normalized spacial score (nSPS) is 17.9. The maximum Gasteiger partial charge on any atom is 0.264 e.